The number of fused-ring (bicyclic) bond motifs is 1. The minimum absolute atomic E-state index is 0.0926. The van der Waals surface area contributed by atoms with Gasteiger partial charge in [-0.05, 0) is 28.1 Å². The number of carbonyl (C=O) groups is 2. The van der Waals surface area contributed by atoms with Gasteiger partial charge in [-0.25, -0.2) is 9.31 Å². The number of aromatic nitrogens is 2. The van der Waals surface area contributed by atoms with Gasteiger partial charge in [0, 0.05) is 10.7 Å². The van der Waals surface area contributed by atoms with Crippen molar-refractivity contribution in [3.63, 3.8) is 0 Å². The van der Waals surface area contributed by atoms with Crippen LogP contribution in [0.5, 0.6) is 0 Å². The van der Waals surface area contributed by atoms with Crippen LogP contribution >= 0.6 is 15.9 Å². The van der Waals surface area contributed by atoms with Gasteiger partial charge in [0.2, 0.25) is 0 Å². The lowest BCUT2D eigenvalue weighted by molar-refractivity contribution is 0.0687. The number of nitrogens with zero attached hydrogens (tertiary/aromatic N) is 2. The Balaban J connectivity index is 2.84. The molecule has 0 fully saturated rings. The van der Waals surface area contributed by atoms with Crippen LogP contribution in [-0.4, -0.2) is 27.0 Å². The SMILES string of the molecule is O=Cc1c(C(=O)O)nn2cc(Br)ccc12. The zero-order valence-corrected chi connectivity index (χ0v) is 8.93. The van der Waals surface area contributed by atoms with Gasteiger partial charge in [0.15, 0.2) is 12.0 Å². The normalized spacial score (nSPS) is 10.5. The number of carbonyl (C=O) groups excluding carboxylic acids is 1. The quantitative estimate of drug-likeness (QED) is 0.840. The van der Waals surface area contributed by atoms with Crippen molar-refractivity contribution in [3.05, 3.63) is 34.1 Å². The van der Waals surface area contributed by atoms with E-state index < -0.39 is 5.97 Å². The van der Waals surface area contributed by atoms with Crippen LogP contribution in [0.1, 0.15) is 20.8 Å². The Kier molecular flexibility index (Phi) is 2.28. The number of halogens is 1. The van der Waals surface area contributed by atoms with Gasteiger partial charge in [-0.15, -0.1) is 0 Å². The lowest BCUT2D eigenvalue weighted by atomic mass is 10.2. The smallest absolute Gasteiger partial charge is 0.357 e. The summed E-state index contributed by atoms with van der Waals surface area (Å²) in [4.78, 5) is 21.6. The van der Waals surface area contributed by atoms with Crippen LogP contribution in [0.25, 0.3) is 5.52 Å². The van der Waals surface area contributed by atoms with E-state index in [9.17, 15) is 9.59 Å². The second-order valence-electron chi connectivity index (χ2n) is 2.86. The highest BCUT2D eigenvalue weighted by atomic mass is 79.9. The van der Waals surface area contributed by atoms with E-state index in [1.165, 1.54) is 4.52 Å². The third kappa shape index (κ3) is 1.52. The maximum atomic E-state index is 10.8. The lowest BCUT2D eigenvalue weighted by Gasteiger charge is -1.92. The van der Waals surface area contributed by atoms with Gasteiger partial charge in [-0.1, -0.05) is 0 Å². The minimum Gasteiger partial charge on any atom is -0.476 e. The van der Waals surface area contributed by atoms with Crippen LogP contribution in [0.4, 0.5) is 0 Å². The summed E-state index contributed by atoms with van der Waals surface area (Å²) in [6, 6.07) is 3.35. The van der Waals surface area contributed by atoms with E-state index in [4.69, 9.17) is 5.11 Å². The number of aromatic carboxylic acids is 1. The van der Waals surface area contributed by atoms with Crippen LogP contribution in [0.15, 0.2) is 22.8 Å². The minimum atomic E-state index is -1.21. The Labute approximate surface area is 92.5 Å². The number of rotatable bonds is 2. The standard InChI is InChI=1S/C9H5BrN2O3/c10-5-1-2-7-6(4-13)8(9(14)15)11-12(7)3-5/h1-4H,(H,14,15). The molecular formula is C9H5BrN2O3. The molecule has 5 nitrogen and oxygen atoms in total. The molecule has 0 amide bonds. The Morgan fingerprint density at radius 2 is 2.27 bits per heavy atom. The summed E-state index contributed by atoms with van der Waals surface area (Å²) < 4.78 is 2.11. The third-order valence-electron chi connectivity index (χ3n) is 1.95. The van der Waals surface area contributed by atoms with Gasteiger partial charge in [0.25, 0.3) is 0 Å². The first-order valence-corrected chi connectivity index (χ1v) is 4.79. The molecule has 0 bridgehead atoms. The molecule has 0 atom stereocenters. The van der Waals surface area contributed by atoms with Crippen molar-refractivity contribution < 1.29 is 14.7 Å². The lowest BCUT2D eigenvalue weighted by Crippen LogP contribution is -2.00. The van der Waals surface area contributed by atoms with Crippen molar-refractivity contribution in [1.29, 1.82) is 0 Å². The Morgan fingerprint density at radius 3 is 2.87 bits per heavy atom. The molecule has 76 valence electrons. The second kappa shape index (κ2) is 3.47. The summed E-state index contributed by atoms with van der Waals surface area (Å²) in [5.41, 5.74) is 0.337. The van der Waals surface area contributed by atoms with E-state index in [2.05, 4.69) is 21.0 Å². The van der Waals surface area contributed by atoms with Gasteiger partial charge in [0.05, 0.1) is 11.1 Å². The van der Waals surface area contributed by atoms with E-state index >= 15 is 0 Å². The van der Waals surface area contributed by atoms with Crippen LogP contribution in [0.3, 0.4) is 0 Å². The Bertz CT molecular complexity index is 562. The number of hydrogen-bond acceptors (Lipinski definition) is 3. The number of pyridine rings is 1. The monoisotopic (exact) mass is 268 g/mol. The van der Waals surface area contributed by atoms with Crippen LogP contribution in [0.2, 0.25) is 0 Å². The highest BCUT2D eigenvalue weighted by molar-refractivity contribution is 9.10. The number of hydrogen-bond donors (Lipinski definition) is 1. The summed E-state index contributed by atoms with van der Waals surface area (Å²) in [7, 11) is 0. The summed E-state index contributed by atoms with van der Waals surface area (Å²) in [5, 5.41) is 12.6. The molecule has 0 aliphatic rings. The molecule has 2 aromatic heterocycles. The highest BCUT2D eigenvalue weighted by Crippen LogP contribution is 2.17. The fourth-order valence-corrected chi connectivity index (χ4v) is 1.64. The third-order valence-corrected chi connectivity index (χ3v) is 2.42. The van der Waals surface area contributed by atoms with E-state index in [-0.39, 0.29) is 11.3 Å². The van der Waals surface area contributed by atoms with Gasteiger partial charge in [0.1, 0.15) is 0 Å². The molecule has 2 heterocycles. The number of carboxylic acid groups (broad SMARTS) is 1. The van der Waals surface area contributed by atoms with Crippen LogP contribution < -0.4 is 0 Å². The van der Waals surface area contributed by atoms with Gasteiger partial charge >= 0.3 is 5.97 Å². The molecule has 6 heteroatoms. The molecule has 0 saturated heterocycles. The average molecular weight is 269 g/mol. The fourth-order valence-electron chi connectivity index (χ4n) is 1.32. The molecule has 0 aromatic carbocycles. The van der Waals surface area contributed by atoms with Crippen LogP contribution in [0, 0.1) is 0 Å². The van der Waals surface area contributed by atoms with Crippen molar-refractivity contribution in [2.75, 3.05) is 0 Å². The van der Waals surface area contributed by atoms with Gasteiger partial charge in [-0.3, -0.25) is 4.79 Å². The van der Waals surface area contributed by atoms with Crippen molar-refractivity contribution >= 4 is 33.7 Å². The molecule has 1 N–H and O–H groups in total. The molecule has 2 rings (SSSR count). The van der Waals surface area contributed by atoms with Gasteiger partial charge < -0.3 is 5.11 Å². The average Bonchev–Trinajstić information content (AvgIpc) is 2.55. The first-order chi connectivity index (χ1) is 7.13. The van der Waals surface area contributed by atoms with E-state index in [1.807, 2.05) is 0 Å². The largest absolute Gasteiger partial charge is 0.476 e. The van der Waals surface area contributed by atoms with Crippen molar-refractivity contribution in [1.82, 2.24) is 9.61 Å². The Morgan fingerprint density at radius 1 is 1.53 bits per heavy atom. The second-order valence-corrected chi connectivity index (χ2v) is 3.78. The van der Waals surface area contributed by atoms with E-state index in [0.717, 1.165) is 4.47 Å². The molecule has 0 radical (unpaired) electrons. The van der Waals surface area contributed by atoms with E-state index in [1.54, 1.807) is 18.3 Å². The Hall–Kier alpha value is -1.69. The maximum Gasteiger partial charge on any atom is 0.357 e. The van der Waals surface area contributed by atoms with Crippen molar-refractivity contribution in [3.8, 4) is 0 Å². The van der Waals surface area contributed by atoms with E-state index in [0.29, 0.717) is 11.8 Å². The maximum absolute atomic E-state index is 10.8. The van der Waals surface area contributed by atoms with Crippen molar-refractivity contribution in [2.24, 2.45) is 0 Å². The molecule has 0 aliphatic heterocycles. The fraction of sp³-hybridized carbons (Fsp3) is 0. The topological polar surface area (TPSA) is 71.7 Å². The first-order valence-electron chi connectivity index (χ1n) is 4.00. The zero-order chi connectivity index (χ0) is 11.0. The molecule has 2 aromatic rings. The number of aldehydes is 1. The molecule has 15 heavy (non-hydrogen) atoms. The molecule has 0 unspecified atom stereocenters. The predicted octanol–water partition coefficient (Wildman–Crippen LogP) is 1.61. The summed E-state index contributed by atoms with van der Waals surface area (Å²) in [6.07, 6.45) is 2.09. The molecule has 0 spiro atoms. The molecule has 0 saturated carbocycles. The predicted molar refractivity (Wildman–Crippen MR) is 55.2 cm³/mol. The first kappa shape index (κ1) is 9.85. The molecular weight excluding hydrogens is 264 g/mol. The summed E-state index contributed by atoms with van der Waals surface area (Å²) in [6.45, 7) is 0. The van der Waals surface area contributed by atoms with Crippen molar-refractivity contribution in [2.45, 2.75) is 0 Å². The summed E-state index contributed by atoms with van der Waals surface area (Å²) in [5.74, 6) is -1.21. The number of carboxylic acids is 1. The summed E-state index contributed by atoms with van der Waals surface area (Å²) >= 11 is 3.23. The van der Waals surface area contributed by atoms with Crippen LogP contribution in [-0.2, 0) is 0 Å². The van der Waals surface area contributed by atoms with Gasteiger partial charge in [-0.2, -0.15) is 5.10 Å². The zero-order valence-electron chi connectivity index (χ0n) is 7.35. The highest BCUT2D eigenvalue weighted by Gasteiger charge is 2.17. The molecule has 0 aliphatic carbocycles.